The van der Waals surface area contributed by atoms with Crippen LogP contribution in [0.1, 0.15) is 52.1 Å². The number of halogens is 1. The first-order chi connectivity index (χ1) is 17.8. The molecule has 1 amide bonds. The number of hydrogen-bond donors (Lipinski definition) is 2. The van der Waals surface area contributed by atoms with E-state index in [1.807, 2.05) is 26.8 Å². The van der Waals surface area contributed by atoms with Gasteiger partial charge in [0.1, 0.15) is 5.82 Å². The third-order valence-corrected chi connectivity index (χ3v) is 6.68. The maximum atomic E-state index is 13.7. The Morgan fingerprint density at radius 2 is 1.81 bits per heavy atom. The van der Waals surface area contributed by atoms with Gasteiger partial charge in [-0.15, -0.1) is 0 Å². The highest BCUT2D eigenvalue weighted by molar-refractivity contribution is 5.83. The summed E-state index contributed by atoms with van der Waals surface area (Å²) >= 11 is 0. The van der Waals surface area contributed by atoms with Crippen LogP contribution >= 0.6 is 0 Å². The molecule has 10 heteroatoms. The number of H-pyrrole nitrogens is 1. The number of rotatable bonds is 6. The second-order valence-corrected chi connectivity index (χ2v) is 10.3. The molecule has 196 valence electrons. The van der Waals surface area contributed by atoms with Crippen LogP contribution in [0.3, 0.4) is 0 Å². The largest absolute Gasteiger partial charge is 0.353 e. The molecule has 37 heavy (non-hydrogen) atoms. The second-order valence-electron chi connectivity index (χ2n) is 10.3. The second kappa shape index (κ2) is 10.5. The van der Waals surface area contributed by atoms with Crippen LogP contribution in [0.2, 0.25) is 0 Å². The predicted octanol–water partition coefficient (Wildman–Crippen LogP) is 4.24. The number of aromatic nitrogens is 4. The Kier molecular flexibility index (Phi) is 7.21. The third-order valence-electron chi connectivity index (χ3n) is 6.68. The van der Waals surface area contributed by atoms with E-state index < -0.39 is 11.7 Å². The van der Waals surface area contributed by atoms with E-state index in [4.69, 9.17) is 19.4 Å². The van der Waals surface area contributed by atoms with Crippen molar-refractivity contribution in [2.75, 3.05) is 31.2 Å². The number of hydrogen-bond acceptors (Lipinski definition) is 7. The highest BCUT2D eigenvalue weighted by Gasteiger charge is 2.41. The Morgan fingerprint density at radius 3 is 2.49 bits per heavy atom. The van der Waals surface area contributed by atoms with Crippen molar-refractivity contribution < 1.29 is 18.7 Å². The lowest BCUT2D eigenvalue weighted by atomic mass is 9.90. The first kappa shape index (κ1) is 25.3. The van der Waals surface area contributed by atoms with Crippen LogP contribution in [-0.4, -0.2) is 58.2 Å². The predicted molar refractivity (Wildman–Crippen MR) is 137 cm³/mol. The van der Waals surface area contributed by atoms with Gasteiger partial charge in [0.25, 0.3) is 0 Å². The van der Waals surface area contributed by atoms with Crippen molar-refractivity contribution in [3.63, 3.8) is 0 Å². The molecule has 3 aromatic rings. The van der Waals surface area contributed by atoms with Gasteiger partial charge in [-0.05, 0) is 70.4 Å². The molecule has 2 fully saturated rings. The molecule has 2 aromatic heterocycles. The first-order valence-corrected chi connectivity index (χ1v) is 12.8. The number of benzene rings is 1. The smallest absolute Gasteiger partial charge is 0.230 e. The van der Waals surface area contributed by atoms with Gasteiger partial charge in [-0.3, -0.25) is 4.79 Å². The summed E-state index contributed by atoms with van der Waals surface area (Å²) in [5.41, 5.74) is 1.88. The van der Waals surface area contributed by atoms with Gasteiger partial charge in [-0.2, -0.15) is 0 Å². The maximum Gasteiger partial charge on any atom is 0.230 e. The zero-order valence-electron chi connectivity index (χ0n) is 21.5. The monoisotopic (exact) mass is 508 g/mol. The lowest BCUT2D eigenvalue weighted by Gasteiger charge is -2.35. The van der Waals surface area contributed by atoms with E-state index in [-0.39, 0.29) is 31.0 Å². The van der Waals surface area contributed by atoms with E-state index in [9.17, 15) is 9.18 Å². The van der Waals surface area contributed by atoms with E-state index in [1.54, 1.807) is 18.3 Å². The zero-order chi connectivity index (χ0) is 26.0. The average Bonchev–Trinajstić information content (AvgIpc) is 3.35. The molecule has 2 saturated heterocycles. The summed E-state index contributed by atoms with van der Waals surface area (Å²) in [5, 5.41) is 2.93. The van der Waals surface area contributed by atoms with Crippen LogP contribution in [-0.2, 0) is 14.3 Å². The summed E-state index contributed by atoms with van der Waals surface area (Å²) in [5.74, 6) is 0.696. The molecule has 2 aliphatic rings. The SMILES string of the molecule is CC(C)NC(=O)C1(C)COC(c2nc(-c3ccc(F)cc3)c(-c3ccnc(N4CCCCC4)n3)[nH]2)OC1. The molecule has 2 N–H and O–H groups in total. The molecule has 2 aliphatic heterocycles. The Bertz CT molecular complexity index is 1230. The van der Waals surface area contributed by atoms with Crippen molar-refractivity contribution in [1.29, 1.82) is 0 Å². The standard InChI is InChI=1S/C27H33FN6O3/c1-17(2)30-25(35)27(3)15-36-24(37-16-27)23-32-21(18-7-9-19(28)10-8-18)22(33-23)20-11-12-29-26(31-20)34-13-5-4-6-14-34/h7-12,17,24H,4-6,13-16H2,1-3H3,(H,30,35)(H,32,33). The summed E-state index contributed by atoms with van der Waals surface area (Å²) < 4.78 is 25.6. The molecule has 0 bridgehead atoms. The minimum atomic E-state index is -0.800. The van der Waals surface area contributed by atoms with Crippen LogP contribution in [0.15, 0.2) is 36.5 Å². The summed E-state index contributed by atoms with van der Waals surface area (Å²) in [4.78, 5) is 32.3. The molecule has 0 spiro atoms. The number of carbonyl (C=O) groups is 1. The van der Waals surface area contributed by atoms with Gasteiger partial charge in [0.2, 0.25) is 18.1 Å². The number of aromatic amines is 1. The van der Waals surface area contributed by atoms with Crippen molar-refractivity contribution in [2.45, 2.75) is 52.4 Å². The summed E-state index contributed by atoms with van der Waals surface area (Å²) in [6, 6.07) is 8.02. The third kappa shape index (κ3) is 5.50. The molecule has 0 atom stereocenters. The number of anilines is 1. The van der Waals surface area contributed by atoms with Crippen molar-refractivity contribution in [1.82, 2.24) is 25.3 Å². The Hall–Kier alpha value is -3.37. The Labute approximate surface area is 215 Å². The van der Waals surface area contributed by atoms with Crippen molar-refractivity contribution in [2.24, 2.45) is 5.41 Å². The van der Waals surface area contributed by atoms with Crippen molar-refractivity contribution in [3.05, 3.63) is 48.2 Å². The van der Waals surface area contributed by atoms with Crippen LogP contribution < -0.4 is 10.2 Å². The molecule has 1 aromatic carbocycles. The number of nitrogens with one attached hydrogen (secondary N) is 2. The first-order valence-electron chi connectivity index (χ1n) is 12.8. The fourth-order valence-electron chi connectivity index (χ4n) is 4.57. The lowest BCUT2D eigenvalue weighted by molar-refractivity contribution is -0.231. The van der Waals surface area contributed by atoms with Crippen LogP contribution in [0.4, 0.5) is 10.3 Å². The molecular weight excluding hydrogens is 475 g/mol. The van der Waals surface area contributed by atoms with Gasteiger partial charge in [0.05, 0.1) is 35.7 Å². The Morgan fingerprint density at radius 1 is 1.11 bits per heavy atom. The summed E-state index contributed by atoms with van der Waals surface area (Å²) in [6.45, 7) is 7.88. The van der Waals surface area contributed by atoms with Gasteiger partial charge >= 0.3 is 0 Å². The minimum absolute atomic E-state index is 0.0237. The molecule has 0 unspecified atom stereocenters. The maximum absolute atomic E-state index is 13.7. The van der Waals surface area contributed by atoms with E-state index in [1.165, 1.54) is 18.6 Å². The molecule has 0 radical (unpaired) electrons. The molecular formula is C27H33FN6O3. The van der Waals surface area contributed by atoms with Gasteiger partial charge in [-0.1, -0.05) is 0 Å². The van der Waals surface area contributed by atoms with E-state index in [0.717, 1.165) is 31.5 Å². The number of amides is 1. The number of piperidine rings is 1. The zero-order valence-corrected chi connectivity index (χ0v) is 21.5. The van der Waals surface area contributed by atoms with Gasteiger partial charge in [-0.25, -0.2) is 19.3 Å². The molecule has 4 heterocycles. The number of ether oxygens (including phenoxy) is 2. The van der Waals surface area contributed by atoms with Crippen LogP contribution in [0.25, 0.3) is 22.6 Å². The highest BCUT2D eigenvalue weighted by Crippen LogP contribution is 2.36. The number of nitrogens with zero attached hydrogens (tertiary/aromatic N) is 4. The lowest BCUT2D eigenvalue weighted by Crippen LogP contribution is -2.50. The molecule has 5 rings (SSSR count). The van der Waals surface area contributed by atoms with Gasteiger partial charge in [0.15, 0.2) is 5.82 Å². The normalized spacial score (nSPS) is 22.3. The number of carbonyl (C=O) groups excluding carboxylic acids is 1. The van der Waals surface area contributed by atoms with E-state index >= 15 is 0 Å². The van der Waals surface area contributed by atoms with Crippen LogP contribution in [0, 0.1) is 11.2 Å². The number of imidazole rings is 1. The molecule has 0 aliphatic carbocycles. The van der Waals surface area contributed by atoms with E-state index in [0.29, 0.717) is 28.9 Å². The fraction of sp³-hybridized carbons (Fsp3) is 0.481. The van der Waals surface area contributed by atoms with E-state index in [2.05, 4.69) is 20.2 Å². The average molecular weight is 509 g/mol. The van der Waals surface area contributed by atoms with Crippen LogP contribution in [0.5, 0.6) is 0 Å². The minimum Gasteiger partial charge on any atom is -0.353 e. The quantitative estimate of drug-likeness (QED) is 0.513. The van der Waals surface area contributed by atoms with Crippen molar-refractivity contribution >= 4 is 11.9 Å². The fourth-order valence-corrected chi connectivity index (χ4v) is 4.57. The van der Waals surface area contributed by atoms with Gasteiger partial charge < -0.3 is 24.7 Å². The molecule has 0 saturated carbocycles. The topological polar surface area (TPSA) is 105 Å². The molecule has 9 nitrogen and oxygen atoms in total. The Balaban J connectivity index is 1.45. The van der Waals surface area contributed by atoms with Gasteiger partial charge in [0, 0.05) is 30.9 Å². The summed E-state index contributed by atoms with van der Waals surface area (Å²) in [6.07, 6.45) is 4.42. The summed E-state index contributed by atoms with van der Waals surface area (Å²) in [7, 11) is 0. The highest BCUT2D eigenvalue weighted by atomic mass is 19.1. The van der Waals surface area contributed by atoms with Crippen molar-refractivity contribution in [3.8, 4) is 22.6 Å².